The summed E-state index contributed by atoms with van der Waals surface area (Å²) >= 11 is 0. The molecule has 0 radical (unpaired) electrons. The first-order chi connectivity index (χ1) is 17.4. The molecule has 4 rings (SSSR count). The normalized spacial score (nSPS) is 18.6. The molecule has 3 aromatic rings. The van der Waals surface area contributed by atoms with Crippen molar-refractivity contribution in [2.45, 2.75) is 57.3 Å². The van der Waals surface area contributed by atoms with Crippen LogP contribution >= 0.6 is 0 Å². The topological polar surface area (TPSA) is 78.5 Å². The van der Waals surface area contributed by atoms with Gasteiger partial charge in [-0.1, -0.05) is 91.0 Å². The fourth-order valence-corrected chi connectivity index (χ4v) is 4.71. The van der Waals surface area contributed by atoms with Gasteiger partial charge in [0.1, 0.15) is 18.1 Å². The highest BCUT2D eigenvalue weighted by Gasteiger charge is 2.46. The summed E-state index contributed by atoms with van der Waals surface area (Å²) in [5.41, 5.74) is 2.70. The molecule has 0 aliphatic carbocycles. The summed E-state index contributed by atoms with van der Waals surface area (Å²) in [4.78, 5) is 42.6. The number of carbonyl (C=O) groups is 3. The molecule has 0 spiro atoms. The van der Waals surface area contributed by atoms with E-state index in [1.54, 1.807) is 0 Å². The molecule has 0 aromatic heterocycles. The Kier molecular flexibility index (Phi) is 8.16. The van der Waals surface area contributed by atoms with Crippen LogP contribution in [0.1, 0.15) is 43.0 Å². The largest absolute Gasteiger partial charge is 0.352 e. The molecule has 0 saturated carbocycles. The Morgan fingerprint density at radius 2 is 1.42 bits per heavy atom. The summed E-state index contributed by atoms with van der Waals surface area (Å²) in [6.07, 6.45) is 1.42. The van der Waals surface area contributed by atoms with Gasteiger partial charge in [0.05, 0.1) is 0 Å². The van der Waals surface area contributed by atoms with Gasteiger partial charge in [0.25, 0.3) is 0 Å². The molecule has 186 valence electrons. The lowest BCUT2D eigenvalue weighted by Gasteiger charge is -2.43. The van der Waals surface area contributed by atoms with Gasteiger partial charge in [-0.05, 0) is 43.4 Å². The number of amides is 3. The molecule has 3 aromatic carbocycles. The number of carbonyl (C=O) groups excluding carboxylic acids is 3. The zero-order valence-corrected chi connectivity index (χ0v) is 20.8. The predicted octanol–water partition coefficient (Wildman–Crippen LogP) is 3.82. The van der Waals surface area contributed by atoms with Crippen LogP contribution in [0.25, 0.3) is 0 Å². The maximum atomic E-state index is 14.0. The number of hydrogen-bond donors (Lipinski definition) is 2. The Morgan fingerprint density at radius 1 is 0.861 bits per heavy atom. The van der Waals surface area contributed by atoms with Crippen molar-refractivity contribution >= 4 is 17.7 Å². The lowest BCUT2D eigenvalue weighted by molar-refractivity contribution is -0.156. The van der Waals surface area contributed by atoms with Gasteiger partial charge in [0.2, 0.25) is 17.7 Å². The van der Waals surface area contributed by atoms with Crippen molar-refractivity contribution in [1.82, 2.24) is 15.5 Å². The number of aryl methyl sites for hydroxylation is 1. The van der Waals surface area contributed by atoms with Crippen molar-refractivity contribution in [1.29, 1.82) is 0 Å². The second-order valence-corrected chi connectivity index (χ2v) is 9.51. The minimum atomic E-state index is -0.917. The minimum absolute atomic E-state index is 0.112. The lowest BCUT2D eigenvalue weighted by Crippen LogP contribution is -2.66. The maximum absolute atomic E-state index is 14.0. The molecule has 6 heteroatoms. The van der Waals surface area contributed by atoms with Crippen LogP contribution in [0.4, 0.5) is 0 Å². The van der Waals surface area contributed by atoms with Gasteiger partial charge in [0.15, 0.2) is 0 Å². The summed E-state index contributed by atoms with van der Waals surface area (Å²) in [5.74, 6) is -0.770. The van der Waals surface area contributed by atoms with E-state index in [0.29, 0.717) is 24.8 Å². The molecule has 1 aliphatic heterocycles. The Bertz CT molecular complexity index is 1170. The molecule has 1 heterocycles. The minimum Gasteiger partial charge on any atom is -0.352 e. The van der Waals surface area contributed by atoms with Crippen molar-refractivity contribution in [3.8, 4) is 0 Å². The van der Waals surface area contributed by atoms with E-state index < -0.39 is 18.1 Å². The molecule has 0 bridgehead atoms. The maximum Gasteiger partial charge on any atom is 0.247 e. The SMILES string of the molecule is CC(C)NC(=O)C(c1ccccc1)N1C(=O)[C@@H](CCc2ccccc2)NC(=O)[C@H]1Cc1ccccc1. The van der Waals surface area contributed by atoms with E-state index in [9.17, 15) is 14.4 Å². The number of nitrogens with one attached hydrogen (secondary N) is 2. The van der Waals surface area contributed by atoms with Crippen LogP contribution in [-0.4, -0.2) is 40.7 Å². The number of nitrogens with zero attached hydrogens (tertiary/aromatic N) is 1. The van der Waals surface area contributed by atoms with Gasteiger partial charge in [-0.2, -0.15) is 0 Å². The molecule has 1 saturated heterocycles. The summed E-state index contributed by atoms with van der Waals surface area (Å²) in [5, 5.41) is 5.93. The molecule has 1 fully saturated rings. The molecule has 36 heavy (non-hydrogen) atoms. The van der Waals surface area contributed by atoms with Crippen LogP contribution in [0.5, 0.6) is 0 Å². The summed E-state index contributed by atoms with van der Waals surface area (Å²) in [6.45, 7) is 3.77. The molecule has 3 amide bonds. The van der Waals surface area contributed by atoms with E-state index in [1.165, 1.54) is 4.90 Å². The highest BCUT2D eigenvalue weighted by molar-refractivity contribution is 6.00. The van der Waals surface area contributed by atoms with Crippen LogP contribution < -0.4 is 10.6 Å². The third-order valence-corrected chi connectivity index (χ3v) is 6.42. The first-order valence-corrected chi connectivity index (χ1v) is 12.5. The monoisotopic (exact) mass is 483 g/mol. The number of piperazine rings is 1. The van der Waals surface area contributed by atoms with E-state index in [2.05, 4.69) is 10.6 Å². The van der Waals surface area contributed by atoms with Gasteiger partial charge in [-0.25, -0.2) is 0 Å². The summed E-state index contributed by atoms with van der Waals surface area (Å²) in [6, 6.07) is 26.2. The van der Waals surface area contributed by atoms with Crippen molar-refractivity contribution < 1.29 is 14.4 Å². The zero-order chi connectivity index (χ0) is 25.5. The van der Waals surface area contributed by atoms with Crippen molar-refractivity contribution in [3.05, 3.63) is 108 Å². The average molecular weight is 484 g/mol. The number of benzene rings is 3. The smallest absolute Gasteiger partial charge is 0.247 e. The van der Waals surface area contributed by atoms with Gasteiger partial charge in [-0.15, -0.1) is 0 Å². The highest BCUT2D eigenvalue weighted by atomic mass is 16.2. The second kappa shape index (κ2) is 11.7. The predicted molar refractivity (Wildman–Crippen MR) is 140 cm³/mol. The van der Waals surface area contributed by atoms with E-state index in [1.807, 2.05) is 105 Å². The van der Waals surface area contributed by atoms with Crippen molar-refractivity contribution in [3.63, 3.8) is 0 Å². The van der Waals surface area contributed by atoms with Gasteiger partial charge in [0, 0.05) is 12.5 Å². The first kappa shape index (κ1) is 25.2. The molecular formula is C30H33N3O3. The molecule has 6 nitrogen and oxygen atoms in total. The Labute approximate surface area is 212 Å². The summed E-state index contributed by atoms with van der Waals surface area (Å²) < 4.78 is 0. The van der Waals surface area contributed by atoms with Crippen LogP contribution in [0.2, 0.25) is 0 Å². The molecule has 1 aliphatic rings. The molecule has 3 atom stereocenters. The van der Waals surface area contributed by atoms with E-state index in [0.717, 1.165) is 11.1 Å². The van der Waals surface area contributed by atoms with E-state index in [-0.39, 0.29) is 23.8 Å². The molecule has 1 unspecified atom stereocenters. The molecule has 2 N–H and O–H groups in total. The average Bonchev–Trinajstić information content (AvgIpc) is 2.88. The zero-order valence-electron chi connectivity index (χ0n) is 20.8. The quantitative estimate of drug-likeness (QED) is 0.486. The number of hydrogen-bond acceptors (Lipinski definition) is 3. The fourth-order valence-electron chi connectivity index (χ4n) is 4.71. The standard InChI is InChI=1S/C30H33N3O3/c1-21(2)31-29(35)27(24-16-10-5-11-17-24)33-26(20-23-14-8-4-9-15-23)28(34)32-25(30(33)36)19-18-22-12-6-3-7-13-22/h3-17,21,25-27H,18-20H2,1-2H3,(H,31,35)(H,32,34)/t25-,26-,27?/m1/s1. The van der Waals surface area contributed by atoms with E-state index >= 15 is 0 Å². The molecular weight excluding hydrogens is 450 g/mol. The Morgan fingerprint density at radius 3 is 2.00 bits per heavy atom. The fraction of sp³-hybridized carbons (Fsp3) is 0.300. The lowest BCUT2D eigenvalue weighted by atomic mass is 9.92. The third-order valence-electron chi connectivity index (χ3n) is 6.42. The van der Waals surface area contributed by atoms with E-state index in [4.69, 9.17) is 0 Å². The first-order valence-electron chi connectivity index (χ1n) is 12.5. The van der Waals surface area contributed by atoms with Crippen LogP contribution in [0, 0.1) is 0 Å². The Hall–Kier alpha value is -3.93. The highest BCUT2D eigenvalue weighted by Crippen LogP contribution is 2.29. The van der Waals surface area contributed by atoms with Crippen LogP contribution in [0.3, 0.4) is 0 Å². The third kappa shape index (κ3) is 6.00. The number of rotatable bonds is 9. The van der Waals surface area contributed by atoms with Gasteiger partial charge in [-0.3, -0.25) is 14.4 Å². The van der Waals surface area contributed by atoms with Crippen LogP contribution in [-0.2, 0) is 27.2 Å². The van der Waals surface area contributed by atoms with Crippen LogP contribution in [0.15, 0.2) is 91.0 Å². The second-order valence-electron chi connectivity index (χ2n) is 9.51. The Balaban J connectivity index is 1.71. The summed E-state index contributed by atoms with van der Waals surface area (Å²) in [7, 11) is 0. The van der Waals surface area contributed by atoms with Gasteiger partial charge >= 0.3 is 0 Å². The van der Waals surface area contributed by atoms with Crippen molar-refractivity contribution in [2.75, 3.05) is 0 Å². The van der Waals surface area contributed by atoms with Crippen molar-refractivity contribution in [2.24, 2.45) is 0 Å². The van der Waals surface area contributed by atoms with Gasteiger partial charge < -0.3 is 15.5 Å².